The van der Waals surface area contributed by atoms with E-state index in [1.54, 1.807) is 0 Å². The van der Waals surface area contributed by atoms with Crippen molar-refractivity contribution in [3.05, 3.63) is 65.7 Å². The van der Waals surface area contributed by atoms with Crippen LogP contribution in [0.2, 0.25) is 18.1 Å². The van der Waals surface area contributed by atoms with Gasteiger partial charge in [-0.05, 0) is 41.4 Å². The molecule has 5 nitrogen and oxygen atoms in total. The predicted molar refractivity (Wildman–Crippen MR) is 118 cm³/mol. The average Bonchev–Trinajstić information content (AvgIpc) is 2.69. The molecule has 0 unspecified atom stereocenters. The van der Waals surface area contributed by atoms with Gasteiger partial charge in [0.1, 0.15) is 18.4 Å². The molecule has 0 bridgehead atoms. The molecule has 0 amide bonds. The summed E-state index contributed by atoms with van der Waals surface area (Å²) in [6.45, 7) is 11.2. The van der Waals surface area contributed by atoms with Crippen molar-refractivity contribution in [3.63, 3.8) is 0 Å². The number of esters is 1. The summed E-state index contributed by atoms with van der Waals surface area (Å²) in [5.41, 5.74) is 8.15. The van der Waals surface area contributed by atoms with Crippen LogP contribution >= 0.6 is 0 Å². The van der Waals surface area contributed by atoms with Crippen molar-refractivity contribution >= 4 is 14.3 Å². The lowest BCUT2D eigenvalue weighted by atomic mass is 10.0. The number of nitrogens with two attached hydrogens (primary N) is 1. The minimum Gasteiger partial charge on any atom is -0.489 e. The van der Waals surface area contributed by atoms with Crippen LogP contribution in [0, 0.1) is 0 Å². The molecule has 6 heteroatoms. The van der Waals surface area contributed by atoms with Crippen LogP contribution in [0.1, 0.15) is 38.0 Å². The molecule has 0 spiro atoms. The molecule has 0 heterocycles. The fraction of sp³-hybridized carbons (Fsp3) is 0.435. The first-order valence-corrected chi connectivity index (χ1v) is 12.7. The molecule has 0 fully saturated rings. The number of hydrogen-bond donors (Lipinski definition) is 1. The summed E-state index contributed by atoms with van der Waals surface area (Å²) in [7, 11) is -0.825. The molecule has 158 valence electrons. The maximum atomic E-state index is 12.2. The lowest BCUT2D eigenvalue weighted by Gasteiger charge is -2.40. The number of benzene rings is 2. The van der Waals surface area contributed by atoms with Gasteiger partial charge < -0.3 is 19.6 Å². The maximum Gasteiger partial charge on any atom is 0.325 e. The lowest BCUT2D eigenvalue weighted by Crippen LogP contribution is -2.48. The fourth-order valence-electron chi connectivity index (χ4n) is 2.60. The first kappa shape index (κ1) is 23.1. The summed E-state index contributed by atoms with van der Waals surface area (Å²) in [6.07, 6.45) is -0.577. The smallest absolute Gasteiger partial charge is 0.325 e. The molecule has 0 saturated heterocycles. The Morgan fingerprint density at radius 2 is 1.62 bits per heavy atom. The lowest BCUT2D eigenvalue weighted by molar-refractivity contribution is -0.144. The van der Waals surface area contributed by atoms with Gasteiger partial charge in [0, 0.05) is 0 Å². The summed E-state index contributed by atoms with van der Waals surface area (Å²) in [5, 5.41) is -0.0141. The Morgan fingerprint density at radius 3 is 2.14 bits per heavy atom. The van der Waals surface area contributed by atoms with Crippen molar-refractivity contribution in [2.24, 2.45) is 5.73 Å². The topological polar surface area (TPSA) is 70.8 Å². The van der Waals surface area contributed by atoms with Crippen LogP contribution in [0.5, 0.6) is 5.75 Å². The van der Waals surface area contributed by atoms with Gasteiger partial charge in [-0.25, -0.2) is 0 Å². The molecule has 0 aliphatic carbocycles. The van der Waals surface area contributed by atoms with Gasteiger partial charge in [-0.15, -0.1) is 0 Å². The summed E-state index contributed by atoms with van der Waals surface area (Å²) in [4.78, 5) is 12.2. The number of rotatable bonds is 8. The Bertz CT molecular complexity index is 785. The van der Waals surface area contributed by atoms with Crippen molar-refractivity contribution in [2.75, 3.05) is 7.11 Å². The van der Waals surface area contributed by atoms with Crippen molar-refractivity contribution in [2.45, 2.75) is 57.7 Å². The fourth-order valence-corrected chi connectivity index (χ4v) is 3.87. The third-order valence-corrected chi connectivity index (χ3v) is 9.94. The number of methoxy groups -OCH3 is 1. The number of carbonyl (C=O) groups is 1. The normalized spacial score (nSPS) is 14.2. The minimum atomic E-state index is -2.16. The SMILES string of the molecule is COC(=O)[C@@H](N)[C@@H](O[Si](C)(C)C(C)(C)C)c1ccc(OCc2ccccc2)cc1. The molecule has 2 aromatic carbocycles. The summed E-state index contributed by atoms with van der Waals surface area (Å²) >= 11 is 0. The highest BCUT2D eigenvalue weighted by Crippen LogP contribution is 2.40. The van der Waals surface area contributed by atoms with E-state index in [4.69, 9.17) is 19.6 Å². The van der Waals surface area contributed by atoms with E-state index >= 15 is 0 Å². The quantitative estimate of drug-likeness (QED) is 0.494. The van der Waals surface area contributed by atoms with Gasteiger partial charge in [0.25, 0.3) is 0 Å². The second-order valence-corrected chi connectivity index (χ2v) is 13.4. The zero-order valence-electron chi connectivity index (χ0n) is 18.3. The Morgan fingerprint density at radius 1 is 1.03 bits per heavy atom. The van der Waals surface area contributed by atoms with Gasteiger partial charge in [0.05, 0.1) is 13.2 Å². The molecule has 0 saturated carbocycles. The van der Waals surface area contributed by atoms with Crippen molar-refractivity contribution in [1.82, 2.24) is 0 Å². The van der Waals surface area contributed by atoms with Crippen LogP contribution in [0.25, 0.3) is 0 Å². The largest absolute Gasteiger partial charge is 0.489 e. The Kier molecular flexibility index (Phi) is 7.63. The van der Waals surface area contributed by atoms with Crippen molar-refractivity contribution in [3.8, 4) is 5.75 Å². The molecule has 2 N–H and O–H groups in total. The summed E-state index contributed by atoms with van der Waals surface area (Å²) < 4.78 is 17.2. The van der Waals surface area contributed by atoms with Crippen LogP contribution < -0.4 is 10.5 Å². The van der Waals surface area contributed by atoms with Crippen LogP contribution in [-0.2, 0) is 20.6 Å². The highest BCUT2D eigenvalue weighted by atomic mass is 28.4. The van der Waals surface area contributed by atoms with E-state index in [0.717, 1.165) is 16.9 Å². The first-order valence-electron chi connectivity index (χ1n) is 9.83. The number of hydrogen-bond acceptors (Lipinski definition) is 5. The van der Waals surface area contributed by atoms with E-state index in [0.29, 0.717) is 6.61 Å². The van der Waals surface area contributed by atoms with E-state index in [1.165, 1.54) is 7.11 Å². The monoisotopic (exact) mass is 415 g/mol. The molecule has 0 aliphatic rings. The van der Waals surface area contributed by atoms with Gasteiger partial charge in [-0.2, -0.15) is 0 Å². The minimum absolute atomic E-state index is 0.0141. The molecule has 0 aromatic heterocycles. The molecule has 2 atom stereocenters. The van der Waals surface area contributed by atoms with Gasteiger partial charge >= 0.3 is 5.97 Å². The van der Waals surface area contributed by atoms with E-state index in [1.807, 2.05) is 54.6 Å². The van der Waals surface area contributed by atoms with Crippen LogP contribution in [0.3, 0.4) is 0 Å². The Hall–Kier alpha value is -2.15. The summed E-state index contributed by atoms with van der Waals surface area (Å²) in [5.74, 6) is 0.258. The van der Waals surface area contributed by atoms with E-state index in [2.05, 4.69) is 33.9 Å². The van der Waals surface area contributed by atoms with Gasteiger partial charge in [0.15, 0.2) is 8.32 Å². The van der Waals surface area contributed by atoms with E-state index < -0.39 is 26.4 Å². The number of carbonyl (C=O) groups excluding carboxylic acids is 1. The highest BCUT2D eigenvalue weighted by Gasteiger charge is 2.42. The van der Waals surface area contributed by atoms with Gasteiger partial charge in [-0.1, -0.05) is 63.2 Å². The Balaban J connectivity index is 2.20. The maximum absolute atomic E-state index is 12.2. The van der Waals surface area contributed by atoms with Crippen molar-refractivity contribution < 1.29 is 18.7 Å². The van der Waals surface area contributed by atoms with Crippen LogP contribution in [-0.4, -0.2) is 27.4 Å². The molecule has 0 aliphatic heterocycles. The summed E-state index contributed by atoms with van der Waals surface area (Å²) in [6, 6.07) is 16.7. The molecule has 2 rings (SSSR count). The van der Waals surface area contributed by atoms with Crippen LogP contribution in [0.4, 0.5) is 0 Å². The Labute approximate surface area is 175 Å². The third-order valence-electron chi connectivity index (χ3n) is 5.48. The van der Waals surface area contributed by atoms with E-state index in [9.17, 15) is 4.79 Å². The number of ether oxygens (including phenoxy) is 2. The average molecular weight is 416 g/mol. The highest BCUT2D eigenvalue weighted by molar-refractivity contribution is 6.74. The first-order chi connectivity index (χ1) is 13.5. The molecule has 29 heavy (non-hydrogen) atoms. The zero-order valence-corrected chi connectivity index (χ0v) is 19.3. The molecule has 2 aromatic rings. The van der Waals surface area contributed by atoms with Crippen molar-refractivity contribution in [1.29, 1.82) is 0 Å². The van der Waals surface area contributed by atoms with Gasteiger partial charge in [0.2, 0.25) is 0 Å². The molecular formula is C23H33NO4Si. The zero-order chi connectivity index (χ0) is 21.7. The second kappa shape index (κ2) is 9.56. The predicted octanol–water partition coefficient (Wildman–Crippen LogP) is 4.83. The third kappa shape index (κ3) is 6.16. The van der Waals surface area contributed by atoms with E-state index in [-0.39, 0.29) is 5.04 Å². The molecule has 0 radical (unpaired) electrons. The van der Waals surface area contributed by atoms with Gasteiger partial charge in [-0.3, -0.25) is 4.79 Å². The second-order valence-electron chi connectivity index (χ2n) is 8.69. The van der Waals surface area contributed by atoms with Crippen LogP contribution in [0.15, 0.2) is 54.6 Å². The standard InChI is InChI=1S/C23H33NO4Si/c1-23(2,3)29(5,6)28-21(20(24)22(25)26-4)18-12-14-19(15-13-18)27-16-17-10-8-7-9-11-17/h7-15,20-21H,16,24H2,1-6H3/t20-,21-/m0/s1. The molecular weight excluding hydrogens is 382 g/mol.